The summed E-state index contributed by atoms with van der Waals surface area (Å²) in [4.78, 5) is 14.4. The molecule has 1 rings (SSSR count). The summed E-state index contributed by atoms with van der Waals surface area (Å²) in [5, 5.41) is 45.1. The van der Waals surface area contributed by atoms with Crippen LogP contribution < -0.4 is 10.6 Å². The monoisotopic (exact) mass is 439 g/mol. The maximum atomic E-state index is 12.4. The molecule has 1 amide bonds. The van der Waals surface area contributed by atoms with E-state index in [1.54, 1.807) is 12.1 Å². The minimum Gasteiger partial charge on any atom is -0.396 e. The van der Waals surface area contributed by atoms with Crippen molar-refractivity contribution in [1.82, 2.24) is 15.5 Å². The Labute approximate surface area is 186 Å². The van der Waals surface area contributed by atoms with Gasteiger partial charge in [-0.25, -0.2) is 0 Å². The molecule has 31 heavy (non-hydrogen) atoms. The van der Waals surface area contributed by atoms with Crippen molar-refractivity contribution in [2.24, 2.45) is 0 Å². The van der Waals surface area contributed by atoms with E-state index in [2.05, 4.69) is 17.6 Å². The molecule has 8 nitrogen and oxygen atoms in total. The Morgan fingerprint density at radius 3 is 2.35 bits per heavy atom. The van der Waals surface area contributed by atoms with Crippen LogP contribution in [0.15, 0.2) is 24.3 Å². The first-order chi connectivity index (χ1) is 14.9. The third kappa shape index (κ3) is 11.0. The number of nitrogens with one attached hydrogen (secondary N) is 2. The number of unbranched alkanes of at least 4 members (excludes halogenated alkanes) is 3. The number of benzene rings is 1. The normalized spacial score (nSPS) is 14.4. The van der Waals surface area contributed by atoms with E-state index in [1.165, 1.54) is 0 Å². The van der Waals surface area contributed by atoms with Gasteiger partial charge < -0.3 is 31.1 Å². The standard InChI is InChI=1S/C23H41N3O5/c1-3-4-5-6-13-26(17-21(29)22(30)20(28)11-15-27)14-12-25-23(31)19-9-7-18(8-10-19)16-24-2/h7-10,20-22,24,27-30H,3-6,11-17H2,1-2H3,(H,25,31). The molecular formula is C23H41N3O5. The molecule has 0 fully saturated rings. The highest BCUT2D eigenvalue weighted by molar-refractivity contribution is 5.94. The molecule has 0 aliphatic carbocycles. The summed E-state index contributed by atoms with van der Waals surface area (Å²) < 4.78 is 0. The number of amides is 1. The lowest BCUT2D eigenvalue weighted by molar-refractivity contribution is -0.0746. The molecule has 3 unspecified atom stereocenters. The first-order valence-corrected chi connectivity index (χ1v) is 11.3. The number of rotatable bonds is 17. The second-order valence-corrected chi connectivity index (χ2v) is 7.98. The van der Waals surface area contributed by atoms with Crippen LogP contribution >= 0.6 is 0 Å². The van der Waals surface area contributed by atoms with Crippen molar-refractivity contribution in [3.8, 4) is 0 Å². The fraction of sp³-hybridized carbons (Fsp3) is 0.696. The minimum atomic E-state index is -1.32. The SMILES string of the molecule is CCCCCCN(CCNC(=O)c1ccc(CNC)cc1)CC(O)C(O)C(O)CCO. The molecule has 0 aliphatic rings. The lowest BCUT2D eigenvalue weighted by Crippen LogP contribution is -2.46. The summed E-state index contributed by atoms with van der Waals surface area (Å²) in [5.74, 6) is -0.152. The maximum absolute atomic E-state index is 12.4. The van der Waals surface area contributed by atoms with Crippen molar-refractivity contribution in [2.45, 2.75) is 63.9 Å². The Bertz CT molecular complexity index is 599. The predicted molar refractivity (Wildman–Crippen MR) is 122 cm³/mol. The topological polar surface area (TPSA) is 125 Å². The van der Waals surface area contributed by atoms with Crippen molar-refractivity contribution < 1.29 is 25.2 Å². The van der Waals surface area contributed by atoms with Crippen LogP contribution in [0.3, 0.4) is 0 Å². The molecule has 0 saturated carbocycles. The molecule has 0 saturated heterocycles. The first kappa shape index (κ1) is 27.5. The second-order valence-electron chi connectivity index (χ2n) is 7.98. The van der Waals surface area contributed by atoms with Crippen LogP contribution in [0.5, 0.6) is 0 Å². The molecule has 0 spiro atoms. The fourth-order valence-corrected chi connectivity index (χ4v) is 3.40. The van der Waals surface area contributed by atoms with Crippen LogP contribution in [0.1, 0.15) is 54.9 Å². The van der Waals surface area contributed by atoms with E-state index < -0.39 is 18.3 Å². The largest absolute Gasteiger partial charge is 0.396 e. The van der Waals surface area contributed by atoms with Gasteiger partial charge in [0.05, 0.1) is 12.2 Å². The highest BCUT2D eigenvalue weighted by Gasteiger charge is 2.26. The first-order valence-electron chi connectivity index (χ1n) is 11.3. The van der Waals surface area contributed by atoms with Gasteiger partial charge in [-0.05, 0) is 44.1 Å². The van der Waals surface area contributed by atoms with Crippen molar-refractivity contribution in [2.75, 3.05) is 39.8 Å². The van der Waals surface area contributed by atoms with Crippen LogP contribution in [-0.4, -0.2) is 89.4 Å². The zero-order chi connectivity index (χ0) is 23.1. The number of nitrogens with zero attached hydrogens (tertiary/aromatic N) is 1. The summed E-state index contributed by atoms with van der Waals surface area (Å²) in [6.45, 7) is 4.48. The highest BCUT2D eigenvalue weighted by Crippen LogP contribution is 2.08. The molecule has 0 bridgehead atoms. The Hall–Kier alpha value is -1.55. The highest BCUT2D eigenvalue weighted by atomic mass is 16.4. The van der Waals surface area contributed by atoms with E-state index in [9.17, 15) is 20.1 Å². The lowest BCUT2D eigenvalue weighted by Gasteiger charge is -2.29. The smallest absolute Gasteiger partial charge is 0.251 e. The summed E-state index contributed by atoms with van der Waals surface area (Å²) in [7, 11) is 1.87. The van der Waals surface area contributed by atoms with E-state index >= 15 is 0 Å². The summed E-state index contributed by atoms with van der Waals surface area (Å²) in [6.07, 6.45) is 0.664. The Morgan fingerprint density at radius 2 is 1.74 bits per heavy atom. The number of carbonyl (C=O) groups excluding carboxylic acids is 1. The third-order valence-electron chi connectivity index (χ3n) is 5.30. The molecule has 0 aliphatic heterocycles. The lowest BCUT2D eigenvalue weighted by atomic mass is 10.0. The Morgan fingerprint density at radius 1 is 1.03 bits per heavy atom. The van der Waals surface area contributed by atoms with Gasteiger partial charge >= 0.3 is 0 Å². The van der Waals surface area contributed by atoms with E-state index in [-0.39, 0.29) is 25.5 Å². The molecule has 8 heteroatoms. The van der Waals surface area contributed by atoms with E-state index in [4.69, 9.17) is 5.11 Å². The van der Waals surface area contributed by atoms with Gasteiger partial charge in [0.1, 0.15) is 6.10 Å². The Kier molecular flexibility index (Phi) is 14.3. The number of hydrogen-bond donors (Lipinski definition) is 6. The van der Waals surface area contributed by atoms with Gasteiger partial charge in [0.15, 0.2) is 0 Å². The van der Waals surface area contributed by atoms with Gasteiger partial charge in [0.2, 0.25) is 0 Å². The van der Waals surface area contributed by atoms with Gasteiger partial charge in [-0.15, -0.1) is 0 Å². The number of aliphatic hydroxyl groups is 4. The van der Waals surface area contributed by atoms with E-state index in [0.29, 0.717) is 18.7 Å². The summed E-state index contributed by atoms with van der Waals surface area (Å²) in [5.41, 5.74) is 1.70. The average Bonchev–Trinajstić information content (AvgIpc) is 2.76. The minimum absolute atomic E-state index is 0.0118. The maximum Gasteiger partial charge on any atom is 0.251 e. The molecule has 0 heterocycles. The van der Waals surface area contributed by atoms with Gasteiger partial charge in [0, 0.05) is 38.3 Å². The summed E-state index contributed by atoms with van der Waals surface area (Å²) >= 11 is 0. The van der Waals surface area contributed by atoms with E-state index in [1.807, 2.05) is 24.1 Å². The van der Waals surface area contributed by atoms with Crippen LogP contribution in [0, 0.1) is 0 Å². The van der Waals surface area contributed by atoms with Crippen molar-refractivity contribution in [1.29, 1.82) is 0 Å². The predicted octanol–water partition coefficient (Wildman–Crippen LogP) is 0.483. The van der Waals surface area contributed by atoms with Gasteiger partial charge in [-0.3, -0.25) is 9.69 Å². The van der Waals surface area contributed by atoms with Crippen molar-refractivity contribution in [3.05, 3.63) is 35.4 Å². The Balaban J connectivity index is 2.56. The van der Waals surface area contributed by atoms with Crippen LogP contribution in [0.25, 0.3) is 0 Å². The number of aliphatic hydroxyl groups excluding tert-OH is 4. The van der Waals surface area contributed by atoms with Crippen LogP contribution in [0.4, 0.5) is 0 Å². The molecule has 0 radical (unpaired) electrons. The molecule has 3 atom stereocenters. The molecular weight excluding hydrogens is 398 g/mol. The second kappa shape index (κ2) is 16.1. The van der Waals surface area contributed by atoms with Crippen molar-refractivity contribution in [3.63, 3.8) is 0 Å². The average molecular weight is 440 g/mol. The van der Waals surface area contributed by atoms with E-state index in [0.717, 1.165) is 44.3 Å². The molecule has 1 aromatic rings. The third-order valence-corrected chi connectivity index (χ3v) is 5.30. The summed E-state index contributed by atoms with van der Waals surface area (Å²) in [6, 6.07) is 7.43. The quantitative estimate of drug-likeness (QED) is 0.195. The van der Waals surface area contributed by atoms with Crippen LogP contribution in [0.2, 0.25) is 0 Å². The fourth-order valence-electron chi connectivity index (χ4n) is 3.40. The van der Waals surface area contributed by atoms with Gasteiger partial charge in [-0.1, -0.05) is 38.3 Å². The van der Waals surface area contributed by atoms with Gasteiger partial charge in [-0.2, -0.15) is 0 Å². The molecule has 0 aromatic heterocycles. The van der Waals surface area contributed by atoms with Gasteiger partial charge in [0.25, 0.3) is 5.91 Å². The number of carbonyl (C=O) groups is 1. The molecule has 178 valence electrons. The zero-order valence-electron chi connectivity index (χ0n) is 19.0. The molecule has 1 aromatic carbocycles. The number of hydrogen-bond acceptors (Lipinski definition) is 7. The van der Waals surface area contributed by atoms with Crippen molar-refractivity contribution >= 4 is 5.91 Å². The van der Waals surface area contributed by atoms with Crippen LogP contribution in [-0.2, 0) is 6.54 Å². The molecule has 6 N–H and O–H groups in total. The zero-order valence-corrected chi connectivity index (χ0v) is 19.0.